The van der Waals surface area contributed by atoms with Gasteiger partial charge in [-0.15, -0.1) is 0 Å². The Morgan fingerprint density at radius 2 is 1.29 bits per heavy atom. The van der Waals surface area contributed by atoms with Crippen LogP contribution < -0.4 is 11.1 Å². The molecular weight excluding hydrogens is 661 g/mol. The molecule has 6 rings (SSSR count). The molecule has 0 bridgehead atoms. The van der Waals surface area contributed by atoms with Crippen molar-refractivity contribution >= 4 is 64.2 Å². The molecule has 6 heterocycles. The molecule has 13 nitrogen and oxygen atoms in total. The Balaban J connectivity index is 0.000000189. The van der Waals surface area contributed by atoms with Gasteiger partial charge >= 0.3 is 30.7 Å². The summed E-state index contributed by atoms with van der Waals surface area (Å²) in [5.41, 5.74) is 4.04. The van der Waals surface area contributed by atoms with Crippen molar-refractivity contribution in [2.75, 3.05) is 0 Å². The minimum atomic E-state index is -1.23. The Hall–Kier alpha value is -4.70. The van der Waals surface area contributed by atoms with Gasteiger partial charge in [0, 0.05) is 73.9 Å². The fourth-order valence-corrected chi connectivity index (χ4v) is 5.17. The van der Waals surface area contributed by atoms with Gasteiger partial charge in [-0.1, -0.05) is 0 Å². The van der Waals surface area contributed by atoms with Crippen molar-refractivity contribution in [1.29, 1.82) is 0 Å². The zero-order valence-electron chi connectivity index (χ0n) is 24.8. The summed E-state index contributed by atoms with van der Waals surface area (Å²) in [6.07, 6.45) is 10.6. The van der Waals surface area contributed by atoms with Crippen LogP contribution >= 0.6 is 28.7 Å². The van der Waals surface area contributed by atoms with Gasteiger partial charge in [0.15, 0.2) is 0 Å². The molecule has 6 aromatic heterocycles. The molecule has 1 N–H and O–H groups in total. The summed E-state index contributed by atoms with van der Waals surface area (Å²) in [6, 6.07) is 6.89. The normalized spacial score (nSPS) is 10.6. The maximum atomic E-state index is 12.3. The Morgan fingerprint density at radius 1 is 0.844 bits per heavy atom. The summed E-state index contributed by atoms with van der Waals surface area (Å²) >= 11 is 6.49. The number of nitrogens with zero attached hydrogens (tertiary/aromatic N) is 9. The molecule has 0 atom stereocenters. The molecule has 0 amide bonds. The van der Waals surface area contributed by atoms with E-state index in [1.165, 1.54) is 10.6 Å². The van der Waals surface area contributed by atoms with E-state index < -0.39 is 11.5 Å². The Morgan fingerprint density at radius 3 is 1.69 bits per heavy atom. The van der Waals surface area contributed by atoms with E-state index in [4.69, 9.17) is 5.11 Å². The second kappa shape index (κ2) is 14.4. The molecular formula is C29H28BBrN9O4S. The topological polar surface area (TPSA) is 155 Å². The van der Waals surface area contributed by atoms with Gasteiger partial charge in [-0.05, 0) is 54.0 Å². The van der Waals surface area contributed by atoms with E-state index in [0.717, 1.165) is 27.7 Å². The van der Waals surface area contributed by atoms with Gasteiger partial charge in [0.25, 0.3) is 11.1 Å². The second-order valence-electron chi connectivity index (χ2n) is 9.63. The Kier molecular flexibility index (Phi) is 10.6. The number of hydrogen-bond acceptors (Lipinski definition) is 9. The molecule has 229 valence electrons. The Bertz CT molecular complexity index is 2160. The van der Waals surface area contributed by atoms with Gasteiger partial charge in [-0.3, -0.25) is 28.9 Å². The van der Waals surface area contributed by atoms with Crippen molar-refractivity contribution in [2.45, 2.75) is 26.9 Å². The number of thiol groups is 1. The van der Waals surface area contributed by atoms with Crippen LogP contribution in [0.1, 0.15) is 24.2 Å². The van der Waals surface area contributed by atoms with Crippen molar-refractivity contribution in [1.82, 2.24) is 38.7 Å². The van der Waals surface area contributed by atoms with Gasteiger partial charge in [0.05, 0.1) is 39.3 Å². The summed E-state index contributed by atoms with van der Waals surface area (Å²) in [5.74, 6) is -1.23. The summed E-state index contributed by atoms with van der Waals surface area (Å²) in [6.45, 7) is 4.76. The zero-order chi connectivity index (χ0) is 32.8. The number of pyridine rings is 4. The van der Waals surface area contributed by atoms with E-state index in [1.807, 2.05) is 45.5 Å². The van der Waals surface area contributed by atoms with Gasteiger partial charge in [0.2, 0.25) is 0 Å². The summed E-state index contributed by atoms with van der Waals surface area (Å²) in [7, 11) is 8.01. The molecule has 16 heteroatoms. The number of fused-ring (bicyclic) bond motifs is 2. The van der Waals surface area contributed by atoms with Gasteiger partial charge in [0.1, 0.15) is 5.56 Å². The molecule has 6 aromatic rings. The van der Waals surface area contributed by atoms with Crippen LogP contribution in [0.2, 0.25) is 0 Å². The summed E-state index contributed by atoms with van der Waals surface area (Å²) in [5, 5.41) is 18.9. The summed E-state index contributed by atoms with van der Waals surface area (Å²) < 4.78 is 9.83. The standard InChI is InChI=1S/C15H14N4O3.C14H13BrN4O.BHNS/c1-3-19-13-5-12(10-7-17-18(2)8-10)16-6-9(13)4-11(14(19)20)15(21)22;1-3-19-13-5-12(10-7-17-18(2)8-10)16-6-9(13)4-11(15)14(19)20;1-2-3/h4-8H,3H2,1-2H3,(H,21,22);4-8H,3H2,1-2H3;3H. The van der Waals surface area contributed by atoms with Crippen molar-refractivity contribution in [3.05, 3.63) is 92.2 Å². The first kappa shape index (κ1) is 33.2. The van der Waals surface area contributed by atoms with Gasteiger partial charge < -0.3 is 14.2 Å². The number of carboxylic acids is 1. The molecule has 0 aromatic carbocycles. The van der Waals surface area contributed by atoms with Crippen LogP contribution in [0.3, 0.4) is 0 Å². The number of aromatic carboxylic acids is 1. The van der Waals surface area contributed by atoms with Crippen molar-refractivity contribution in [2.24, 2.45) is 18.4 Å². The van der Waals surface area contributed by atoms with Crippen LogP contribution in [0.15, 0.2) is 79.8 Å². The maximum absolute atomic E-state index is 12.3. The second-order valence-corrected chi connectivity index (χ2v) is 10.7. The van der Waals surface area contributed by atoms with E-state index in [-0.39, 0.29) is 11.1 Å². The molecule has 0 aliphatic carbocycles. The number of carbonyl (C=O) groups is 1. The monoisotopic (exact) mass is 688 g/mol. The average Bonchev–Trinajstić information content (AvgIpc) is 3.66. The molecule has 0 spiro atoms. The van der Waals surface area contributed by atoms with E-state index >= 15 is 0 Å². The van der Waals surface area contributed by atoms with E-state index in [9.17, 15) is 14.4 Å². The van der Waals surface area contributed by atoms with Crippen LogP contribution in [0.5, 0.6) is 0 Å². The molecule has 0 saturated carbocycles. The van der Waals surface area contributed by atoms with Crippen molar-refractivity contribution in [3.63, 3.8) is 0 Å². The van der Waals surface area contributed by atoms with Crippen LogP contribution in [0.25, 0.3) is 44.3 Å². The summed E-state index contributed by atoms with van der Waals surface area (Å²) in [4.78, 5) is 44.4. The number of aryl methyl sites for hydroxylation is 4. The molecule has 0 fully saturated rings. The van der Waals surface area contributed by atoms with Crippen LogP contribution in [0, 0.1) is 0 Å². The average molecular weight is 689 g/mol. The van der Waals surface area contributed by atoms with Crippen LogP contribution in [-0.4, -0.2) is 57.4 Å². The number of hydrogen-bond donors (Lipinski definition) is 2. The predicted octanol–water partition coefficient (Wildman–Crippen LogP) is 4.28. The number of rotatable bonds is 5. The number of aromatic nitrogens is 8. The molecule has 0 aliphatic heterocycles. The molecule has 0 saturated heterocycles. The Labute approximate surface area is 272 Å². The third-order valence-corrected chi connectivity index (χ3v) is 7.34. The third-order valence-electron chi connectivity index (χ3n) is 6.78. The quantitative estimate of drug-likeness (QED) is 0.201. The van der Waals surface area contributed by atoms with Crippen molar-refractivity contribution < 1.29 is 9.90 Å². The van der Waals surface area contributed by atoms with Gasteiger partial charge in [-0.25, -0.2) is 4.79 Å². The fraction of sp³-hybridized carbons (Fsp3) is 0.207. The van der Waals surface area contributed by atoms with E-state index in [2.05, 4.69) is 60.8 Å². The molecule has 0 unspecified atom stereocenters. The first-order valence-electron chi connectivity index (χ1n) is 13.5. The first-order chi connectivity index (χ1) is 21.5. The number of carboxylic acid groups (broad SMARTS) is 1. The van der Waals surface area contributed by atoms with Crippen LogP contribution in [-0.2, 0) is 27.2 Å². The third kappa shape index (κ3) is 7.18. The SMILES string of the molecule is CCn1c(=O)c(Br)cc2cnc(-c3cnn(C)c3)cc21.CCn1c(=O)c(C(=O)O)cc2cnc(-c3cnn(C)c3)cc21.[B]=NS. The molecule has 1 radical (unpaired) electrons. The number of halogens is 1. The zero-order valence-corrected chi connectivity index (χ0v) is 27.3. The fourth-order valence-electron chi connectivity index (χ4n) is 4.71. The van der Waals surface area contributed by atoms with Crippen LogP contribution in [0.4, 0.5) is 0 Å². The predicted molar refractivity (Wildman–Crippen MR) is 180 cm³/mol. The molecule has 0 aliphatic rings. The van der Waals surface area contributed by atoms with Crippen molar-refractivity contribution in [3.8, 4) is 22.5 Å². The van der Waals surface area contributed by atoms with E-state index in [1.54, 1.807) is 51.7 Å². The van der Waals surface area contributed by atoms with Gasteiger partial charge in [-0.2, -0.15) is 10.2 Å². The molecule has 45 heavy (non-hydrogen) atoms. The minimum absolute atomic E-state index is 0.0247. The van der Waals surface area contributed by atoms with E-state index in [0.29, 0.717) is 34.2 Å². The first-order valence-corrected chi connectivity index (χ1v) is 14.7.